The van der Waals surface area contributed by atoms with E-state index in [2.05, 4.69) is 30.9 Å². The van der Waals surface area contributed by atoms with Gasteiger partial charge in [-0.2, -0.15) is 5.21 Å². The van der Waals surface area contributed by atoms with Crippen molar-refractivity contribution < 1.29 is 0 Å². The average Bonchev–Trinajstić information content (AvgIpc) is 2.62. The van der Waals surface area contributed by atoms with Gasteiger partial charge in [0.15, 0.2) is 0 Å². The predicted molar refractivity (Wildman–Crippen MR) is 51.4 cm³/mol. The van der Waals surface area contributed by atoms with Crippen LogP contribution in [0.3, 0.4) is 0 Å². The first-order chi connectivity index (χ1) is 6.75. The van der Waals surface area contributed by atoms with Crippen LogP contribution in [0.15, 0.2) is 12.3 Å². The maximum absolute atomic E-state index is 5.76. The Morgan fingerprint density at radius 2 is 2.36 bits per heavy atom. The third-order valence-corrected chi connectivity index (χ3v) is 1.83. The molecule has 7 heteroatoms. The second-order valence-corrected chi connectivity index (χ2v) is 3.12. The molecule has 0 unspecified atom stereocenters. The van der Waals surface area contributed by atoms with E-state index in [1.807, 2.05) is 6.92 Å². The van der Waals surface area contributed by atoms with E-state index >= 15 is 0 Å². The molecule has 14 heavy (non-hydrogen) atoms. The third-order valence-electron chi connectivity index (χ3n) is 1.62. The zero-order chi connectivity index (χ0) is 9.97. The van der Waals surface area contributed by atoms with Crippen LogP contribution in [-0.2, 0) is 0 Å². The summed E-state index contributed by atoms with van der Waals surface area (Å²) in [7, 11) is 0. The molecule has 0 saturated heterocycles. The summed E-state index contributed by atoms with van der Waals surface area (Å²) in [4.78, 5) is 4.09. The fourth-order valence-electron chi connectivity index (χ4n) is 0.992. The number of pyridine rings is 1. The van der Waals surface area contributed by atoms with Gasteiger partial charge in [-0.25, -0.2) is 4.98 Å². The molecule has 0 bridgehead atoms. The SMILES string of the molecule is Cc1cc(Cl)cnc1Nc1nn[nH]n1. The smallest absolute Gasteiger partial charge is 0.268 e. The van der Waals surface area contributed by atoms with Gasteiger partial charge in [0.05, 0.1) is 5.02 Å². The number of aromatic nitrogens is 5. The van der Waals surface area contributed by atoms with E-state index in [0.29, 0.717) is 16.8 Å². The van der Waals surface area contributed by atoms with Gasteiger partial charge in [0.25, 0.3) is 5.95 Å². The molecule has 0 aliphatic heterocycles. The largest absolute Gasteiger partial charge is 0.306 e. The molecule has 2 aromatic heterocycles. The van der Waals surface area contributed by atoms with Gasteiger partial charge in [0.1, 0.15) is 5.82 Å². The van der Waals surface area contributed by atoms with Crippen molar-refractivity contribution in [2.45, 2.75) is 6.92 Å². The highest BCUT2D eigenvalue weighted by atomic mass is 35.5. The minimum atomic E-state index is 0.378. The third kappa shape index (κ3) is 1.80. The molecule has 0 fully saturated rings. The van der Waals surface area contributed by atoms with Gasteiger partial charge in [-0.3, -0.25) is 0 Å². The van der Waals surface area contributed by atoms with Gasteiger partial charge in [-0.15, -0.1) is 5.10 Å². The van der Waals surface area contributed by atoms with Gasteiger partial charge in [-0.05, 0) is 23.8 Å². The number of tetrazole rings is 1. The zero-order valence-corrected chi connectivity index (χ0v) is 8.08. The van der Waals surface area contributed by atoms with Crippen molar-refractivity contribution in [2.24, 2.45) is 0 Å². The molecule has 2 rings (SSSR count). The minimum absolute atomic E-state index is 0.378. The van der Waals surface area contributed by atoms with Crippen molar-refractivity contribution in [2.75, 3.05) is 5.32 Å². The normalized spacial score (nSPS) is 10.1. The van der Waals surface area contributed by atoms with Gasteiger partial charge in [0, 0.05) is 6.20 Å². The number of nitrogens with one attached hydrogen (secondary N) is 2. The fraction of sp³-hybridized carbons (Fsp3) is 0.143. The van der Waals surface area contributed by atoms with Gasteiger partial charge >= 0.3 is 0 Å². The summed E-state index contributed by atoms with van der Waals surface area (Å²) in [5.41, 5.74) is 0.919. The number of aryl methyl sites for hydroxylation is 1. The molecular weight excluding hydrogens is 204 g/mol. The maximum atomic E-state index is 5.76. The van der Waals surface area contributed by atoms with E-state index in [-0.39, 0.29) is 0 Å². The van der Waals surface area contributed by atoms with Crippen LogP contribution in [-0.4, -0.2) is 25.6 Å². The molecule has 72 valence electrons. The first-order valence-electron chi connectivity index (χ1n) is 3.88. The number of aromatic amines is 1. The van der Waals surface area contributed by atoms with E-state index in [9.17, 15) is 0 Å². The number of anilines is 2. The monoisotopic (exact) mass is 210 g/mol. The van der Waals surface area contributed by atoms with Crippen LogP contribution >= 0.6 is 11.6 Å². The number of H-pyrrole nitrogens is 1. The molecule has 2 heterocycles. The van der Waals surface area contributed by atoms with E-state index in [1.165, 1.54) is 0 Å². The molecule has 0 saturated carbocycles. The van der Waals surface area contributed by atoms with Gasteiger partial charge in [0.2, 0.25) is 0 Å². The number of nitrogens with zero attached hydrogens (tertiary/aromatic N) is 4. The zero-order valence-electron chi connectivity index (χ0n) is 7.32. The van der Waals surface area contributed by atoms with Crippen LogP contribution in [0.5, 0.6) is 0 Å². The summed E-state index contributed by atoms with van der Waals surface area (Å²) in [6.45, 7) is 1.89. The molecule has 0 amide bonds. The first-order valence-corrected chi connectivity index (χ1v) is 4.26. The van der Waals surface area contributed by atoms with Gasteiger partial charge in [-0.1, -0.05) is 16.7 Å². The van der Waals surface area contributed by atoms with Crippen LogP contribution in [0, 0.1) is 6.92 Å². The Morgan fingerprint density at radius 1 is 1.50 bits per heavy atom. The van der Waals surface area contributed by atoms with E-state index < -0.39 is 0 Å². The maximum Gasteiger partial charge on any atom is 0.268 e. The summed E-state index contributed by atoms with van der Waals surface area (Å²) in [5, 5.41) is 16.7. The van der Waals surface area contributed by atoms with Crippen LogP contribution in [0.2, 0.25) is 5.02 Å². The Hall–Kier alpha value is -1.69. The standard InChI is InChI=1S/C7H7ClN6/c1-4-2-5(8)3-9-6(4)10-7-11-13-14-12-7/h2-3H,1H3,(H2,9,10,11,12,13,14). The van der Waals surface area contributed by atoms with Crippen molar-refractivity contribution in [3.8, 4) is 0 Å². The lowest BCUT2D eigenvalue weighted by atomic mass is 10.3. The Balaban J connectivity index is 2.25. The molecule has 0 aromatic carbocycles. The lowest BCUT2D eigenvalue weighted by molar-refractivity contribution is 0.881. The quantitative estimate of drug-likeness (QED) is 0.781. The summed E-state index contributed by atoms with van der Waals surface area (Å²) in [6.07, 6.45) is 1.55. The highest BCUT2D eigenvalue weighted by Gasteiger charge is 2.03. The molecule has 2 N–H and O–H groups in total. The van der Waals surface area contributed by atoms with Crippen LogP contribution in [0.1, 0.15) is 5.56 Å². The highest BCUT2D eigenvalue weighted by Crippen LogP contribution is 2.17. The predicted octanol–water partition coefficient (Wildman–Crippen LogP) is 1.30. The second-order valence-electron chi connectivity index (χ2n) is 2.68. The van der Waals surface area contributed by atoms with Crippen LogP contribution < -0.4 is 5.32 Å². The Bertz CT molecular complexity index is 426. The molecular formula is C7H7ClN6. The lowest BCUT2D eigenvalue weighted by Gasteiger charge is -2.03. The number of hydrogen-bond donors (Lipinski definition) is 2. The van der Waals surface area contributed by atoms with E-state index in [4.69, 9.17) is 11.6 Å². The molecule has 0 atom stereocenters. The molecule has 0 aliphatic rings. The van der Waals surface area contributed by atoms with Crippen molar-refractivity contribution in [1.29, 1.82) is 0 Å². The molecule has 0 spiro atoms. The Labute approximate surface area is 84.7 Å². The number of rotatable bonds is 2. The van der Waals surface area contributed by atoms with Crippen molar-refractivity contribution in [1.82, 2.24) is 25.6 Å². The molecule has 2 aromatic rings. The second kappa shape index (κ2) is 3.59. The van der Waals surface area contributed by atoms with Gasteiger partial charge < -0.3 is 5.32 Å². The molecule has 0 aliphatic carbocycles. The van der Waals surface area contributed by atoms with Crippen molar-refractivity contribution in [3.05, 3.63) is 22.8 Å². The van der Waals surface area contributed by atoms with E-state index in [1.54, 1.807) is 12.3 Å². The Morgan fingerprint density at radius 3 is 3.00 bits per heavy atom. The summed E-state index contributed by atoms with van der Waals surface area (Å²) in [6, 6.07) is 1.80. The summed E-state index contributed by atoms with van der Waals surface area (Å²) >= 11 is 5.76. The van der Waals surface area contributed by atoms with Crippen LogP contribution in [0.25, 0.3) is 0 Å². The first kappa shape index (κ1) is 8.89. The topological polar surface area (TPSA) is 79.4 Å². The fourth-order valence-corrected chi connectivity index (χ4v) is 1.20. The summed E-state index contributed by atoms with van der Waals surface area (Å²) < 4.78 is 0. The number of hydrogen-bond acceptors (Lipinski definition) is 5. The van der Waals surface area contributed by atoms with Crippen molar-refractivity contribution >= 4 is 23.4 Å². The molecule has 0 radical (unpaired) electrons. The molecule has 6 nitrogen and oxygen atoms in total. The average molecular weight is 211 g/mol. The Kier molecular flexibility index (Phi) is 2.28. The lowest BCUT2D eigenvalue weighted by Crippen LogP contribution is -1.97. The highest BCUT2D eigenvalue weighted by molar-refractivity contribution is 6.30. The number of halogens is 1. The summed E-state index contributed by atoms with van der Waals surface area (Å²) in [5.74, 6) is 1.04. The minimum Gasteiger partial charge on any atom is -0.306 e. The van der Waals surface area contributed by atoms with E-state index in [0.717, 1.165) is 5.56 Å². The van der Waals surface area contributed by atoms with Crippen molar-refractivity contribution in [3.63, 3.8) is 0 Å². The van der Waals surface area contributed by atoms with Crippen LogP contribution in [0.4, 0.5) is 11.8 Å².